The third-order valence-electron chi connectivity index (χ3n) is 3.36. The van der Waals surface area contributed by atoms with E-state index in [1.165, 1.54) is 0 Å². The normalized spacial score (nSPS) is 19.0. The molecule has 0 aliphatic heterocycles. The average Bonchev–Trinajstić information content (AvgIpc) is 2.79. The van der Waals surface area contributed by atoms with E-state index in [2.05, 4.69) is 4.98 Å². The molecule has 0 radical (unpaired) electrons. The summed E-state index contributed by atoms with van der Waals surface area (Å²) in [5.74, 6) is 0.176. The van der Waals surface area contributed by atoms with Crippen LogP contribution in [0.15, 0.2) is 24.5 Å². The van der Waals surface area contributed by atoms with Gasteiger partial charge in [0.15, 0.2) is 5.78 Å². The lowest BCUT2D eigenvalue weighted by molar-refractivity contribution is 0.0809. The van der Waals surface area contributed by atoms with Gasteiger partial charge in [0.2, 0.25) is 0 Å². The van der Waals surface area contributed by atoms with Crippen molar-refractivity contribution < 1.29 is 4.79 Å². The number of nitrogens with zero attached hydrogens (tertiary/aromatic N) is 1. The van der Waals surface area contributed by atoms with Crippen molar-refractivity contribution in [3.05, 3.63) is 30.1 Å². The summed E-state index contributed by atoms with van der Waals surface area (Å²) in [5.41, 5.74) is 6.16. The van der Waals surface area contributed by atoms with Crippen molar-refractivity contribution in [2.24, 2.45) is 11.1 Å². The standard InChI is InChI=1S/C12H16N2O/c13-9-12(5-1-2-6-12)11(15)10-4-3-7-14-8-10/h3-4,7-8H,1-2,5-6,9,13H2. The molecule has 0 bridgehead atoms. The van der Waals surface area contributed by atoms with Gasteiger partial charge in [-0.1, -0.05) is 12.8 Å². The van der Waals surface area contributed by atoms with Crippen LogP contribution in [0.3, 0.4) is 0 Å². The van der Waals surface area contributed by atoms with Crippen LogP contribution in [0.25, 0.3) is 0 Å². The largest absolute Gasteiger partial charge is 0.329 e. The molecule has 15 heavy (non-hydrogen) atoms. The number of nitrogens with two attached hydrogens (primary N) is 1. The quantitative estimate of drug-likeness (QED) is 0.763. The Morgan fingerprint density at radius 3 is 2.73 bits per heavy atom. The van der Waals surface area contributed by atoms with Gasteiger partial charge < -0.3 is 5.73 Å². The second kappa shape index (κ2) is 4.11. The molecule has 0 saturated heterocycles. The molecule has 0 unspecified atom stereocenters. The lowest BCUT2D eigenvalue weighted by Gasteiger charge is -2.25. The van der Waals surface area contributed by atoms with Crippen LogP contribution >= 0.6 is 0 Å². The van der Waals surface area contributed by atoms with E-state index in [1.54, 1.807) is 18.5 Å². The Labute approximate surface area is 89.7 Å². The number of carbonyl (C=O) groups excluding carboxylic acids is 1. The highest BCUT2D eigenvalue weighted by molar-refractivity contribution is 6.00. The third kappa shape index (κ3) is 1.79. The molecule has 1 saturated carbocycles. The van der Waals surface area contributed by atoms with Gasteiger partial charge in [0.1, 0.15) is 0 Å². The molecule has 0 aromatic carbocycles. The third-order valence-corrected chi connectivity index (χ3v) is 3.36. The first-order chi connectivity index (χ1) is 7.28. The molecule has 1 aromatic heterocycles. The zero-order valence-electron chi connectivity index (χ0n) is 8.78. The number of pyridine rings is 1. The summed E-state index contributed by atoms with van der Waals surface area (Å²) in [4.78, 5) is 16.3. The minimum Gasteiger partial charge on any atom is -0.329 e. The van der Waals surface area contributed by atoms with Crippen LogP contribution < -0.4 is 5.73 Å². The van der Waals surface area contributed by atoms with Crippen LogP contribution in [0, 0.1) is 5.41 Å². The molecule has 3 heteroatoms. The van der Waals surface area contributed by atoms with Gasteiger partial charge >= 0.3 is 0 Å². The molecular weight excluding hydrogens is 188 g/mol. The van der Waals surface area contributed by atoms with Crippen LogP contribution in [0.4, 0.5) is 0 Å². The Balaban J connectivity index is 2.27. The van der Waals surface area contributed by atoms with Gasteiger partial charge in [0.05, 0.1) is 0 Å². The van der Waals surface area contributed by atoms with Crippen molar-refractivity contribution in [1.29, 1.82) is 0 Å². The summed E-state index contributed by atoms with van der Waals surface area (Å²) in [7, 11) is 0. The van der Waals surface area contributed by atoms with Gasteiger partial charge in [-0.3, -0.25) is 9.78 Å². The minimum atomic E-state index is -0.303. The summed E-state index contributed by atoms with van der Waals surface area (Å²) in [6.45, 7) is 0.459. The van der Waals surface area contributed by atoms with Crippen molar-refractivity contribution in [2.45, 2.75) is 25.7 Å². The first-order valence-corrected chi connectivity index (χ1v) is 5.43. The van der Waals surface area contributed by atoms with Crippen molar-refractivity contribution in [2.75, 3.05) is 6.54 Å². The molecule has 1 aliphatic rings. The Morgan fingerprint density at radius 1 is 1.47 bits per heavy atom. The predicted octanol–water partition coefficient (Wildman–Crippen LogP) is 1.78. The van der Waals surface area contributed by atoms with E-state index >= 15 is 0 Å². The number of rotatable bonds is 3. The van der Waals surface area contributed by atoms with Crippen molar-refractivity contribution in [3.8, 4) is 0 Å². The number of carbonyl (C=O) groups is 1. The van der Waals surface area contributed by atoms with Crippen molar-refractivity contribution in [1.82, 2.24) is 4.98 Å². The first-order valence-electron chi connectivity index (χ1n) is 5.43. The fourth-order valence-electron chi connectivity index (χ4n) is 2.38. The molecular formula is C12H16N2O. The highest BCUT2D eigenvalue weighted by Crippen LogP contribution is 2.39. The molecule has 2 rings (SSSR count). The van der Waals surface area contributed by atoms with Crippen LogP contribution in [0.2, 0.25) is 0 Å². The molecule has 1 aliphatic carbocycles. The Kier molecular flexibility index (Phi) is 2.82. The number of Topliss-reactive ketones (excluding diaryl/α,β-unsaturated/α-hetero) is 1. The summed E-state index contributed by atoms with van der Waals surface area (Å²) in [6, 6.07) is 3.62. The van der Waals surface area contributed by atoms with Gasteiger partial charge in [-0.25, -0.2) is 0 Å². The molecule has 1 fully saturated rings. The molecule has 80 valence electrons. The maximum absolute atomic E-state index is 12.3. The van der Waals surface area contributed by atoms with Crippen LogP contribution in [-0.4, -0.2) is 17.3 Å². The van der Waals surface area contributed by atoms with Gasteiger partial charge in [0.25, 0.3) is 0 Å². The zero-order valence-corrected chi connectivity index (χ0v) is 8.78. The fraction of sp³-hybridized carbons (Fsp3) is 0.500. The molecule has 0 atom stereocenters. The molecule has 0 spiro atoms. The maximum atomic E-state index is 12.3. The van der Waals surface area contributed by atoms with E-state index in [0.717, 1.165) is 25.7 Å². The summed E-state index contributed by atoms with van der Waals surface area (Å²) in [5, 5.41) is 0. The van der Waals surface area contributed by atoms with E-state index in [0.29, 0.717) is 12.1 Å². The number of hydrogen-bond acceptors (Lipinski definition) is 3. The van der Waals surface area contributed by atoms with E-state index in [4.69, 9.17) is 5.73 Å². The Morgan fingerprint density at radius 2 is 2.20 bits per heavy atom. The Bertz CT molecular complexity index is 342. The van der Waals surface area contributed by atoms with Crippen molar-refractivity contribution in [3.63, 3.8) is 0 Å². The molecule has 0 amide bonds. The lowest BCUT2D eigenvalue weighted by Crippen LogP contribution is -2.36. The van der Waals surface area contributed by atoms with Gasteiger partial charge in [-0.05, 0) is 25.0 Å². The monoisotopic (exact) mass is 204 g/mol. The topological polar surface area (TPSA) is 56.0 Å². The SMILES string of the molecule is NCC1(C(=O)c2cccnc2)CCCC1. The highest BCUT2D eigenvalue weighted by atomic mass is 16.1. The average molecular weight is 204 g/mol. The summed E-state index contributed by atoms with van der Waals surface area (Å²) in [6.07, 6.45) is 7.40. The fourth-order valence-corrected chi connectivity index (χ4v) is 2.38. The summed E-state index contributed by atoms with van der Waals surface area (Å²) >= 11 is 0. The molecule has 3 nitrogen and oxygen atoms in total. The van der Waals surface area contributed by atoms with Crippen molar-refractivity contribution >= 4 is 5.78 Å². The van der Waals surface area contributed by atoms with Crippen LogP contribution in [-0.2, 0) is 0 Å². The van der Waals surface area contributed by atoms with E-state index < -0.39 is 0 Å². The van der Waals surface area contributed by atoms with Gasteiger partial charge in [-0.15, -0.1) is 0 Å². The molecule has 1 aromatic rings. The zero-order chi connectivity index (χ0) is 10.7. The second-order valence-electron chi connectivity index (χ2n) is 4.26. The highest BCUT2D eigenvalue weighted by Gasteiger charge is 2.39. The maximum Gasteiger partial charge on any atom is 0.171 e. The van der Waals surface area contributed by atoms with E-state index in [-0.39, 0.29) is 11.2 Å². The number of ketones is 1. The first kappa shape index (κ1) is 10.3. The van der Waals surface area contributed by atoms with Crippen LogP contribution in [0.1, 0.15) is 36.0 Å². The van der Waals surface area contributed by atoms with E-state index in [9.17, 15) is 4.79 Å². The van der Waals surface area contributed by atoms with Crippen LogP contribution in [0.5, 0.6) is 0 Å². The number of hydrogen-bond donors (Lipinski definition) is 1. The lowest BCUT2D eigenvalue weighted by atomic mass is 9.79. The predicted molar refractivity (Wildman–Crippen MR) is 58.5 cm³/mol. The molecule has 2 N–H and O–H groups in total. The van der Waals surface area contributed by atoms with E-state index in [1.807, 2.05) is 6.07 Å². The Hall–Kier alpha value is -1.22. The smallest absolute Gasteiger partial charge is 0.171 e. The molecule has 1 heterocycles. The second-order valence-corrected chi connectivity index (χ2v) is 4.26. The summed E-state index contributed by atoms with van der Waals surface area (Å²) < 4.78 is 0. The minimum absolute atomic E-state index is 0.176. The number of aromatic nitrogens is 1. The van der Waals surface area contributed by atoms with Gasteiger partial charge in [-0.2, -0.15) is 0 Å². The van der Waals surface area contributed by atoms with Gasteiger partial charge in [0, 0.05) is 29.9 Å².